The van der Waals surface area contributed by atoms with Crippen LogP contribution in [-0.2, 0) is 41.8 Å². The maximum absolute atomic E-state index is 12.9. The zero-order valence-corrected chi connectivity index (χ0v) is 37.7. The summed E-state index contributed by atoms with van der Waals surface area (Å²) in [5.41, 5.74) is 0. The molecular weight excluding hydrogens is 810 g/mol. The third-order valence-electron chi connectivity index (χ3n) is 10.7. The Balaban J connectivity index is 2.59. The van der Waals surface area contributed by atoms with E-state index in [1.807, 2.05) is 0 Å². The first kappa shape index (κ1) is 56.0. The quantitative estimate of drug-likeness (QED) is 0.0177. The van der Waals surface area contributed by atoms with E-state index in [0.717, 1.165) is 51.4 Å². The SMILES string of the molecule is CCCCCCCCCCCCCCCC(=O)OC[C@H](COP(=O)(O)OC1[C@@H](O)[C@H](O)C(OP(=O)(O)O)[C@H](O)[C@@H]1O)OC(=O)CCCCCCCCCCCCCCC. The molecule has 0 bridgehead atoms. The Kier molecular flexibility index (Phi) is 31.8. The van der Waals surface area contributed by atoms with E-state index in [0.29, 0.717) is 12.8 Å². The van der Waals surface area contributed by atoms with Crippen molar-refractivity contribution in [2.45, 2.75) is 236 Å². The van der Waals surface area contributed by atoms with Gasteiger partial charge in [0.1, 0.15) is 43.2 Å². The number of hydrogen-bond acceptors (Lipinski definition) is 13. The smallest absolute Gasteiger partial charge is 0.462 e. The van der Waals surface area contributed by atoms with Gasteiger partial charge in [-0.1, -0.05) is 168 Å². The summed E-state index contributed by atoms with van der Waals surface area (Å²) >= 11 is 0. The molecule has 59 heavy (non-hydrogen) atoms. The number of rotatable bonds is 38. The second kappa shape index (κ2) is 33.5. The van der Waals surface area contributed by atoms with E-state index in [-0.39, 0.29) is 12.8 Å². The van der Waals surface area contributed by atoms with Gasteiger partial charge in [-0.15, -0.1) is 0 Å². The topological polar surface area (TPSA) is 256 Å². The Morgan fingerprint density at radius 2 is 0.797 bits per heavy atom. The lowest BCUT2D eigenvalue weighted by atomic mass is 9.85. The van der Waals surface area contributed by atoms with Gasteiger partial charge in [-0.3, -0.25) is 23.2 Å². The lowest BCUT2D eigenvalue weighted by Gasteiger charge is -2.43. The van der Waals surface area contributed by atoms with Crippen molar-refractivity contribution < 1.29 is 76.9 Å². The van der Waals surface area contributed by atoms with Crippen LogP contribution >= 0.6 is 15.6 Å². The minimum absolute atomic E-state index is 0.0581. The summed E-state index contributed by atoms with van der Waals surface area (Å²) in [5.74, 6) is -1.18. The van der Waals surface area contributed by atoms with Gasteiger partial charge in [-0.05, 0) is 12.8 Å². The van der Waals surface area contributed by atoms with Crippen molar-refractivity contribution in [3.05, 3.63) is 0 Å². The van der Waals surface area contributed by atoms with E-state index in [9.17, 15) is 44.0 Å². The zero-order valence-electron chi connectivity index (χ0n) is 36.0. The molecule has 1 aliphatic carbocycles. The van der Waals surface area contributed by atoms with Crippen LogP contribution in [0.15, 0.2) is 0 Å². The Labute approximate surface area is 353 Å². The highest BCUT2D eigenvalue weighted by atomic mass is 31.2. The number of phosphoric ester groups is 2. The van der Waals surface area contributed by atoms with Crippen LogP contribution < -0.4 is 0 Å². The minimum Gasteiger partial charge on any atom is -0.462 e. The van der Waals surface area contributed by atoms with Gasteiger partial charge in [0.25, 0.3) is 0 Å². The summed E-state index contributed by atoms with van der Waals surface area (Å²) in [5, 5.41) is 41.4. The van der Waals surface area contributed by atoms with Gasteiger partial charge in [0.15, 0.2) is 6.10 Å². The van der Waals surface area contributed by atoms with Crippen molar-refractivity contribution in [2.75, 3.05) is 13.2 Å². The molecule has 0 aromatic rings. The van der Waals surface area contributed by atoms with E-state index in [2.05, 4.69) is 18.4 Å². The summed E-state index contributed by atoms with van der Waals surface area (Å²) in [7, 11) is -10.6. The maximum Gasteiger partial charge on any atom is 0.472 e. The van der Waals surface area contributed by atoms with Gasteiger partial charge < -0.3 is 44.6 Å². The summed E-state index contributed by atoms with van der Waals surface area (Å²) in [6, 6.07) is 0. The molecule has 1 saturated carbocycles. The van der Waals surface area contributed by atoms with Crippen LogP contribution in [-0.4, -0.2) is 103 Å². The van der Waals surface area contributed by atoms with Crippen molar-refractivity contribution in [1.82, 2.24) is 0 Å². The van der Waals surface area contributed by atoms with E-state index in [1.54, 1.807) is 0 Å². The highest BCUT2D eigenvalue weighted by Gasteiger charge is 2.54. The van der Waals surface area contributed by atoms with E-state index >= 15 is 0 Å². The van der Waals surface area contributed by atoms with Gasteiger partial charge in [0.2, 0.25) is 0 Å². The molecule has 1 rings (SSSR count). The molecule has 0 heterocycles. The molecule has 1 aliphatic rings. The highest BCUT2D eigenvalue weighted by molar-refractivity contribution is 7.47. The van der Waals surface area contributed by atoms with Crippen molar-refractivity contribution >= 4 is 27.6 Å². The number of ether oxygens (including phenoxy) is 2. The summed E-state index contributed by atoms with van der Waals surface area (Å²) in [6.07, 6.45) is 15.1. The standard InChI is InChI=1S/C41H80O16P2/c1-3-5-7-9-11-13-15-17-19-21-23-25-27-29-34(42)53-31-33(55-35(43)30-28-26-24-22-20-18-16-14-12-10-8-6-4-2)32-54-59(51,52)57-41-38(46)36(44)40(37(45)39(41)47)56-58(48,49)50/h33,36-41,44-47H,3-32H2,1-2H3,(H,51,52)(H2,48,49,50)/t33-,36-,37+,38+,39+,40?,41?/m1/s1. The van der Waals surface area contributed by atoms with E-state index in [4.69, 9.17) is 28.3 Å². The Morgan fingerprint density at radius 3 is 1.15 bits per heavy atom. The zero-order chi connectivity index (χ0) is 43.9. The average Bonchev–Trinajstić information content (AvgIpc) is 3.18. The fourth-order valence-electron chi connectivity index (χ4n) is 7.14. The number of aliphatic hydroxyl groups is 4. The fourth-order valence-corrected chi connectivity index (χ4v) is 8.68. The van der Waals surface area contributed by atoms with Gasteiger partial charge in [-0.2, -0.15) is 0 Å². The molecule has 0 amide bonds. The predicted octanol–water partition coefficient (Wildman–Crippen LogP) is 7.84. The number of carbonyl (C=O) groups is 2. The van der Waals surface area contributed by atoms with Crippen LogP contribution in [0.2, 0.25) is 0 Å². The highest BCUT2D eigenvalue weighted by Crippen LogP contribution is 2.48. The van der Waals surface area contributed by atoms with E-state index in [1.165, 1.54) is 103 Å². The monoisotopic (exact) mass is 890 g/mol. The first-order valence-electron chi connectivity index (χ1n) is 22.6. The van der Waals surface area contributed by atoms with Gasteiger partial charge in [0, 0.05) is 12.8 Å². The molecule has 8 atom stereocenters. The van der Waals surface area contributed by atoms with E-state index < -0.39 is 83.5 Å². The Morgan fingerprint density at radius 1 is 0.475 bits per heavy atom. The Bertz CT molecular complexity index is 1160. The van der Waals surface area contributed by atoms with Gasteiger partial charge >= 0.3 is 27.6 Å². The lowest BCUT2D eigenvalue weighted by molar-refractivity contribution is -0.216. The molecular formula is C41H80O16P2. The van der Waals surface area contributed by atoms with Gasteiger partial charge in [-0.25, -0.2) is 9.13 Å². The van der Waals surface area contributed by atoms with Gasteiger partial charge in [0.05, 0.1) is 6.61 Å². The van der Waals surface area contributed by atoms with Crippen molar-refractivity contribution in [3.8, 4) is 0 Å². The van der Waals surface area contributed by atoms with Crippen LogP contribution in [0.3, 0.4) is 0 Å². The maximum atomic E-state index is 12.9. The second-order valence-corrected chi connectivity index (χ2v) is 18.7. The number of hydrogen-bond donors (Lipinski definition) is 7. The number of phosphoric acid groups is 2. The number of esters is 2. The minimum atomic E-state index is -5.30. The van der Waals surface area contributed by atoms with Crippen LogP contribution in [0.4, 0.5) is 0 Å². The molecule has 16 nitrogen and oxygen atoms in total. The van der Waals surface area contributed by atoms with Crippen LogP contribution in [0.5, 0.6) is 0 Å². The number of aliphatic hydroxyl groups excluding tert-OH is 4. The molecule has 0 saturated heterocycles. The molecule has 0 aromatic carbocycles. The molecule has 3 unspecified atom stereocenters. The molecule has 350 valence electrons. The summed E-state index contributed by atoms with van der Waals surface area (Å²) in [4.78, 5) is 53.9. The third kappa shape index (κ3) is 28.3. The first-order valence-corrected chi connectivity index (χ1v) is 25.6. The summed E-state index contributed by atoms with van der Waals surface area (Å²) in [6.45, 7) is 3.13. The number of carbonyl (C=O) groups excluding carboxylic acids is 2. The lowest BCUT2D eigenvalue weighted by Crippen LogP contribution is -2.64. The van der Waals surface area contributed by atoms with Crippen molar-refractivity contribution in [3.63, 3.8) is 0 Å². The van der Waals surface area contributed by atoms with Crippen molar-refractivity contribution in [2.24, 2.45) is 0 Å². The largest absolute Gasteiger partial charge is 0.472 e. The predicted molar refractivity (Wildman–Crippen MR) is 223 cm³/mol. The van der Waals surface area contributed by atoms with Crippen LogP contribution in [0.25, 0.3) is 0 Å². The molecule has 0 aliphatic heterocycles. The molecule has 1 fully saturated rings. The molecule has 18 heteroatoms. The second-order valence-electron chi connectivity index (χ2n) is 16.1. The third-order valence-corrected chi connectivity index (χ3v) is 12.2. The molecule has 7 N–H and O–H groups in total. The Hall–Kier alpha value is -1.00. The molecule has 0 spiro atoms. The molecule has 0 aromatic heterocycles. The number of unbranched alkanes of at least 4 members (excludes halogenated alkanes) is 24. The van der Waals surface area contributed by atoms with Crippen LogP contribution in [0, 0.1) is 0 Å². The normalized spacial score (nSPS) is 22.5. The summed E-state index contributed by atoms with van der Waals surface area (Å²) < 4.78 is 49.0. The fraction of sp³-hybridized carbons (Fsp3) is 0.951. The van der Waals surface area contributed by atoms with Crippen LogP contribution in [0.1, 0.15) is 194 Å². The first-order chi connectivity index (χ1) is 28.1. The molecule has 0 radical (unpaired) electrons. The van der Waals surface area contributed by atoms with Crippen molar-refractivity contribution in [1.29, 1.82) is 0 Å². The average molecular weight is 891 g/mol.